The Balaban J connectivity index is 1.32. The number of phosphoric acid groups is 1. The smallest absolute Gasteiger partial charge is 0.404 e. The van der Waals surface area contributed by atoms with E-state index in [1.54, 1.807) is 18.2 Å². The Morgan fingerprint density at radius 1 is 1.41 bits per heavy atom. The number of nitrogens with zero attached hydrogens (tertiary/aromatic N) is 3. The number of halogens is 1. The van der Waals surface area contributed by atoms with Crippen LogP contribution in [0.3, 0.4) is 0 Å². The molecule has 1 aromatic carbocycles. The van der Waals surface area contributed by atoms with Crippen LogP contribution in [0.4, 0.5) is 5.95 Å². The number of aliphatic hydroxyl groups excluding tert-OH is 2. The van der Waals surface area contributed by atoms with E-state index in [9.17, 15) is 14.8 Å². The molecule has 1 saturated heterocycles. The van der Waals surface area contributed by atoms with Gasteiger partial charge in [0.05, 0.1) is 19.5 Å². The van der Waals surface area contributed by atoms with E-state index in [4.69, 9.17) is 47.9 Å². The van der Waals surface area contributed by atoms with Gasteiger partial charge in [0.15, 0.2) is 16.8 Å². The molecule has 5 rings (SSSR count). The summed E-state index contributed by atoms with van der Waals surface area (Å²) in [6, 6.07) is 4.78. The van der Waals surface area contributed by atoms with Gasteiger partial charge in [0.1, 0.15) is 35.2 Å². The van der Waals surface area contributed by atoms with Crippen LogP contribution in [0.2, 0.25) is 5.02 Å². The Morgan fingerprint density at radius 2 is 2.22 bits per heavy atom. The summed E-state index contributed by atoms with van der Waals surface area (Å²) in [4.78, 5) is 10.9. The van der Waals surface area contributed by atoms with Crippen LogP contribution in [-0.4, -0.2) is 54.7 Å². The van der Waals surface area contributed by atoms with Crippen molar-refractivity contribution >= 4 is 48.8 Å². The van der Waals surface area contributed by atoms with Crippen LogP contribution < -0.4 is 10.3 Å². The summed E-state index contributed by atoms with van der Waals surface area (Å²) in [7, 11) is -3.97. The number of imidazole rings is 1. The summed E-state index contributed by atoms with van der Waals surface area (Å²) in [5.74, 6) is 0.379. The molecule has 2 aliphatic heterocycles. The molecule has 0 spiro atoms. The lowest BCUT2D eigenvalue weighted by Crippen LogP contribution is -2.34. The van der Waals surface area contributed by atoms with E-state index in [2.05, 4.69) is 15.0 Å². The monoisotopic (exact) mass is 501 g/mol. The Morgan fingerprint density at radius 3 is 3.03 bits per heavy atom. The van der Waals surface area contributed by atoms with Gasteiger partial charge in [-0.25, -0.2) is 14.5 Å². The summed E-state index contributed by atoms with van der Waals surface area (Å²) >= 11 is 11.1. The van der Waals surface area contributed by atoms with Crippen molar-refractivity contribution in [1.29, 1.82) is 0 Å². The molecular formula is C17H17ClN5O7PS. The van der Waals surface area contributed by atoms with Gasteiger partial charge in [-0.2, -0.15) is 0 Å². The van der Waals surface area contributed by atoms with Crippen molar-refractivity contribution in [3.05, 3.63) is 39.8 Å². The minimum Gasteiger partial charge on any atom is -0.404 e. The standard InChI is InChI=1S/C17H17ClN5O7PS/c18-8-1-2-9-7(3-8)4-27-31(26,30-9)28-5-10-12(24)13(25)16(29-10)23-6-20-11-14(23)21-17(19)22-15(11)32/h1-3,6,10,12-13,16,24-25H,4-5H2,(H3,19,21,22,32)/t10-,12-,13-,16-,31?/m1/s1. The van der Waals surface area contributed by atoms with Crippen LogP contribution in [0.1, 0.15) is 11.8 Å². The molecule has 170 valence electrons. The number of aromatic nitrogens is 4. The number of nitrogens with one attached hydrogen (secondary N) is 1. The number of hydrogen-bond acceptors (Lipinski definition) is 11. The van der Waals surface area contributed by atoms with Crippen LogP contribution in [0, 0.1) is 4.64 Å². The third-order valence-corrected chi connectivity index (χ3v) is 6.93. The first kappa shape index (κ1) is 21.7. The van der Waals surface area contributed by atoms with E-state index in [-0.39, 0.29) is 23.8 Å². The highest BCUT2D eigenvalue weighted by Gasteiger charge is 2.46. The minimum atomic E-state index is -3.97. The minimum absolute atomic E-state index is 0.0256. The van der Waals surface area contributed by atoms with Crippen LogP contribution in [-0.2, 0) is 25.0 Å². The Bertz CT molecular complexity index is 1300. The van der Waals surface area contributed by atoms with E-state index < -0.39 is 32.4 Å². The lowest BCUT2D eigenvalue weighted by Gasteiger charge is -2.26. The average Bonchev–Trinajstić information content (AvgIpc) is 3.28. The van der Waals surface area contributed by atoms with E-state index in [1.165, 1.54) is 10.9 Å². The van der Waals surface area contributed by atoms with Crippen molar-refractivity contribution in [3.63, 3.8) is 0 Å². The second kappa shape index (κ2) is 8.04. The molecule has 0 aliphatic carbocycles. The number of hydrogen-bond donors (Lipinski definition) is 4. The van der Waals surface area contributed by atoms with E-state index in [0.717, 1.165) is 0 Å². The second-order valence-corrected chi connectivity index (χ2v) is 9.60. The molecule has 2 aromatic heterocycles. The SMILES string of the molecule is Nc1nc(=S)c2ncn([C@@H]3O[C@H](COP4(=O)OCc5cc(Cl)ccc5O4)[C@@H](O)[C@H]3O)c2[nH]1. The maximum absolute atomic E-state index is 12.8. The highest BCUT2D eigenvalue weighted by Crippen LogP contribution is 2.55. The number of nitrogen functional groups attached to an aromatic ring is 1. The van der Waals surface area contributed by atoms with Crippen LogP contribution in [0.15, 0.2) is 24.5 Å². The highest BCUT2D eigenvalue weighted by atomic mass is 35.5. The highest BCUT2D eigenvalue weighted by molar-refractivity contribution is 7.71. The van der Waals surface area contributed by atoms with Gasteiger partial charge in [-0.05, 0) is 18.2 Å². The quantitative estimate of drug-likeness (QED) is 0.305. The van der Waals surface area contributed by atoms with E-state index >= 15 is 0 Å². The summed E-state index contributed by atoms with van der Waals surface area (Å²) in [6.07, 6.45) is -3.43. The fourth-order valence-electron chi connectivity index (χ4n) is 3.52. The van der Waals surface area contributed by atoms with Crippen molar-refractivity contribution in [1.82, 2.24) is 19.5 Å². The number of rotatable bonds is 4. The molecule has 1 unspecified atom stereocenters. The zero-order chi connectivity index (χ0) is 22.6. The van der Waals surface area contributed by atoms with Gasteiger partial charge < -0.3 is 30.2 Å². The summed E-state index contributed by atoms with van der Waals surface area (Å²) in [5.41, 5.74) is 7.05. The molecule has 0 bridgehead atoms. The van der Waals surface area contributed by atoms with Crippen molar-refractivity contribution in [2.45, 2.75) is 31.1 Å². The molecule has 0 amide bonds. The zero-order valence-electron chi connectivity index (χ0n) is 16.1. The molecule has 15 heteroatoms. The molecule has 5 atom stereocenters. The van der Waals surface area contributed by atoms with Gasteiger partial charge in [0.2, 0.25) is 0 Å². The normalized spacial score (nSPS) is 29.7. The number of anilines is 1. The average molecular weight is 502 g/mol. The van der Waals surface area contributed by atoms with Crippen LogP contribution in [0.5, 0.6) is 5.75 Å². The Kier molecular flexibility index (Phi) is 5.47. The molecule has 5 N–H and O–H groups in total. The number of ether oxygens (including phenoxy) is 1. The summed E-state index contributed by atoms with van der Waals surface area (Å²) in [5, 5.41) is 21.5. The number of nitrogens with two attached hydrogens (primary N) is 1. The number of fused-ring (bicyclic) bond motifs is 2. The van der Waals surface area contributed by atoms with Crippen molar-refractivity contribution in [3.8, 4) is 5.75 Å². The van der Waals surface area contributed by atoms with E-state index in [1.807, 2.05) is 0 Å². The lowest BCUT2D eigenvalue weighted by molar-refractivity contribution is -0.0516. The third kappa shape index (κ3) is 3.80. The second-order valence-electron chi connectivity index (χ2n) is 7.18. The molecule has 0 saturated carbocycles. The van der Waals surface area contributed by atoms with Gasteiger partial charge in [0, 0.05) is 10.6 Å². The van der Waals surface area contributed by atoms with E-state index in [0.29, 0.717) is 27.5 Å². The Labute approximate surface area is 190 Å². The molecule has 0 radical (unpaired) electrons. The first-order valence-electron chi connectivity index (χ1n) is 9.35. The molecule has 2 aliphatic rings. The summed E-state index contributed by atoms with van der Waals surface area (Å²) < 4.78 is 36.2. The van der Waals surface area contributed by atoms with Crippen molar-refractivity contribution < 1.29 is 33.1 Å². The lowest BCUT2D eigenvalue weighted by atomic mass is 10.1. The number of aromatic amines is 1. The number of H-pyrrole nitrogens is 1. The molecule has 1 fully saturated rings. The fourth-order valence-corrected chi connectivity index (χ4v) is 5.18. The molecule has 32 heavy (non-hydrogen) atoms. The number of benzene rings is 1. The maximum Gasteiger partial charge on any atom is 0.530 e. The zero-order valence-corrected chi connectivity index (χ0v) is 18.6. The maximum atomic E-state index is 12.8. The van der Waals surface area contributed by atoms with Crippen molar-refractivity contribution in [2.24, 2.45) is 0 Å². The predicted octanol–water partition coefficient (Wildman–Crippen LogP) is 2.08. The molecular weight excluding hydrogens is 485 g/mol. The first-order valence-corrected chi connectivity index (χ1v) is 11.6. The van der Waals surface area contributed by atoms with Gasteiger partial charge >= 0.3 is 7.82 Å². The van der Waals surface area contributed by atoms with Crippen molar-refractivity contribution in [2.75, 3.05) is 12.3 Å². The van der Waals surface area contributed by atoms with Crippen LogP contribution >= 0.6 is 31.6 Å². The molecule has 12 nitrogen and oxygen atoms in total. The first-order chi connectivity index (χ1) is 15.2. The van der Waals surface area contributed by atoms with Gasteiger partial charge in [0.25, 0.3) is 0 Å². The van der Waals surface area contributed by atoms with Crippen LogP contribution in [0.25, 0.3) is 11.2 Å². The van der Waals surface area contributed by atoms with Gasteiger partial charge in [-0.15, -0.1) is 0 Å². The molecule has 4 heterocycles. The third-order valence-electron chi connectivity index (χ3n) is 5.08. The molecule has 3 aromatic rings. The number of aliphatic hydroxyl groups is 2. The fraction of sp³-hybridized carbons (Fsp3) is 0.353. The number of phosphoric ester groups is 1. The topological polar surface area (TPSA) is 167 Å². The van der Waals surface area contributed by atoms with Gasteiger partial charge in [-0.3, -0.25) is 13.6 Å². The van der Waals surface area contributed by atoms with Gasteiger partial charge in [-0.1, -0.05) is 23.8 Å². The Hall–Kier alpha value is -2.09. The predicted molar refractivity (Wildman–Crippen MR) is 113 cm³/mol. The largest absolute Gasteiger partial charge is 0.530 e. The summed E-state index contributed by atoms with van der Waals surface area (Å²) in [6.45, 7) is -0.399.